The molecule has 0 aliphatic carbocycles. The lowest BCUT2D eigenvalue weighted by atomic mass is 10.2. The molecule has 1 fully saturated rings. The van der Waals surface area contributed by atoms with Crippen LogP contribution in [0.3, 0.4) is 0 Å². The maximum atomic E-state index is 5.88. The predicted molar refractivity (Wildman–Crippen MR) is 120 cm³/mol. The van der Waals surface area contributed by atoms with Crippen LogP contribution in [0.4, 0.5) is 5.82 Å². The lowest BCUT2D eigenvalue weighted by Crippen LogP contribution is -2.38. The number of ether oxygens (including phenoxy) is 2. The minimum atomic E-state index is 0.316. The number of hydrogen-bond acceptors (Lipinski definition) is 8. The molecule has 1 saturated heterocycles. The van der Waals surface area contributed by atoms with Gasteiger partial charge in [0.2, 0.25) is 0 Å². The smallest absolute Gasteiger partial charge is 0.319 e. The van der Waals surface area contributed by atoms with Crippen LogP contribution in [-0.4, -0.2) is 65.5 Å². The van der Waals surface area contributed by atoms with Crippen molar-refractivity contribution >= 4 is 12.0 Å². The molecule has 4 rings (SSSR count). The van der Waals surface area contributed by atoms with Crippen molar-refractivity contribution in [3.63, 3.8) is 0 Å². The van der Waals surface area contributed by atoms with Crippen molar-refractivity contribution in [1.82, 2.24) is 19.9 Å². The summed E-state index contributed by atoms with van der Waals surface area (Å²) >= 11 is 0. The van der Waals surface area contributed by atoms with Crippen LogP contribution in [0.15, 0.2) is 60.0 Å². The molecule has 1 aliphatic rings. The first kappa shape index (κ1) is 20.9. The Bertz CT molecular complexity index is 1010. The Labute approximate surface area is 182 Å². The van der Waals surface area contributed by atoms with Gasteiger partial charge in [-0.15, -0.1) is 0 Å². The highest BCUT2D eigenvalue weighted by Gasteiger charge is 2.12. The first-order valence-corrected chi connectivity index (χ1v) is 10.3. The molecule has 0 spiro atoms. The molecule has 0 saturated carbocycles. The van der Waals surface area contributed by atoms with Crippen LogP contribution in [0.5, 0.6) is 6.01 Å². The number of nitrogens with zero attached hydrogens (tertiary/aromatic N) is 5. The van der Waals surface area contributed by atoms with E-state index in [2.05, 4.69) is 49.4 Å². The third kappa shape index (κ3) is 6.31. The highest BCUT2D eigenvalue weighted by atomic mass is 16.5. The van der Waals surface area contributed by atoms with Gasteiger partial charge in [0.15, 0.2) is 5.82 Å². The lowest BCUT2D eigenvalue weighted by Gasteiger charge is -2.26. The van der Waals surface area contributed by atoms with Gasteiger partial charge in [0.05, 0.1) is 25.1 Å². The zero-order chi connectivity index (χ0) is 21.3. The molecule has 8 heteroatoms. The average molecular weight is 419 g/mol. The van der Waals surface area contributed by atoms with Gasteiger partial charge in [-0.25, -0.2) is 0 Å². The summed E-state index contributed by atoms with van der Waals surface area (Å²) in [4.78, 5) is 15.4. The Kier molecular flexibility index (Phi) is 7.15. The maximum absolute atomic E-state index is 5.88. The van der Waals surface area contributed by atoms with Gasteiger partial charge in [0.25, 0.3) is 0 Å². The summed E-state index contributed by atoms with van der Waals surface area (Å²) in [5.74, 6) is 0.562. The molecule has 3 aromatic rings. The zero-order valence-corrected chi connectivity index (χ0v) is 17.6. The van der Waals surface area contributed by atoms with E-state index >= 15 is 0 Å². The second-order valence-electron chi connectivity index (χ2n) is 7.24. The number of aryl methyl sites for hydroxylation is 1. The fourth-order valence-electron chi connectivity index (χ4n) is 3.23. The van der Waals surface area contributed by atoms with E-state index in [-0.39, 0.29) is 0 Å². The third-order valence-corrected chi connectivity index (χ3v) is 4.86. The van der Waals surface area contributed by atoms with Gasteiger partial charge >= 0.3 is 6.01 Å². The fraction of sp³-hybridized carbons (Fsp3) is 0.304. The quantitative estimate of drug-likeness (QED) is 0.445. The molecule has 1 aromatic carbocycles. The minimum absolute atomic E-state index is 0.316. The monoisotopic (exact) mass is 418 g/mol. The molecule has 8 nitrogen and oxygen atoms in total. The molecule has 0 unspecified atom stereocenters. The van der Waals surface area contributed by atoms with E-state index in [0.29, 0.717) is 18.4 Å². The zero-order valence-electron chi connectivity index (χ0n) is 17.6. The Balaban J connectivity index is 1.47. The molecule has 2 aromatic heterocycles. The van der Waals surface area contributed by atoms with E-state index in [0.717, 1.165) is 49.7 Å². The van der Waals surface area contributed by atoms with Crippen molar-refractivity contribution in [3.05, 3.63) is 66.0 Å². The van der Waals surface area contributed by atoms with Crippen LogP contribution in [0.2, 0.25) is 0 Å². The van der Waals surface area contributed by atoms with Crippen molar-refractivity contribution in [2.75, 3.05) is 44.9 Å². The standard InChI is InChI=1S/C23H26N6O2/c1-18-3-2-4-19(15-18)17-25-28-22-16-21(20-5-7-24-8-6-20)26-23(27-22)31-14-11-29-9-12-30-13-10-29/h2-8,15-17H,9-14H2,1H3,(H,26,27,28)/b25-17+. The summed E-state index contributed by atoms with van der Waals surface area (Å²) in [5, 5.41) is 4.33. The fourth-order valence-corrected chi connectivity index (χ4v) is 3.23. The summed E-state index contributed by atoms with van der Waals surface area (Å²) in [6.07, 6.45) is 5.24. The third-order valence-electron chi connectivity index (χ3n) is 4.86. The van der Waals surface area contributed by atoms with E-state index in [1.165, 1.54) is 5.56 Å². The second-order valence-corrected chi connectivity index (χ2v) is 7.24. The Morgan fingerprint density at radius 1 is 1.13 bits per heavy atom. The van der Waals surface area contributed by atoms with Crippen molar-refractivity contribution < 1.29 is 9.47 Å². The number of morpholine rings is 1. The highest BCUT2D eigenvalue weighted by Crippen LogP contribution is 2.22. The molecular weight excluding hydrogens is 392 g/mol. The first-order chi connectivity index (χ1) is 15.3. The molecule has 1 N–H and O–H groups in total. The number of hydrazone groups is 1. The van der Waals surface area contributed by atoms with Crippen molar-refractivity contribution in [1.29, 1.82) is 0 Å². The van der Waals surface area contributed by atoms with Crippen molar-refractivity contribution in [2.45, 2.75) is 6.92 Å². The SMILES string of the molecule is Cc1cccc(/C=N/Nc2cc(-c3ccncc3)nc(OCCN3CCOCC3)n2)c1. The molecule has 0 radical (unpaired) electrons. The van der Waals surface area contributed by atoms with E-state index in [1.807, 2.05) is 30.3 Å². The molecule has 160 valence electrons. The number of hydrogen-bond donors (Lipinski definition) is 1. The summed E-state index contributed by atoms with van der Waals surface area (Å²) < 4.78 is 11.3. The highest BCUT2D eigenvalue weighted by molar-refractivity contribution is 5.80. The van der Waals surface area contributed by atoms with Gasteiger partial charge in [0.1, 0.15) is 6.61 Å². The molecule has 1 aliphatic heterocycles. The van der Waals surface area contributed by atoms with Crippen LogP contribution in [0.25, 0.3) is 11.3 Å². The van der Waals surface area contributed by atoms with Gasteiger partial charge in [0, 0.05) is 43.7 Å². The normalized spacial score (nSPS) is 14.6. The average Bonchev–Trinajstić information content (AvgIpc) is 2.80. The van der Waals surface area contributed by atoms with Gasteiger partial charge in [-0.05, 0) is 24.6 Å². The topological polar surface area (TPSA) is 84.8 Å². The van der Waals surface area contributed by atoms with E-state index in [1.54, 1.807) is 18.6 Å². The number of pyridine rings is 1. The molecule has 0 amide bonds. The van der Waals surface area contributed by atoms with Crippen molar-refractivity contribution in [3.8, 4) is 17.3 Å². The second kappa shape index (κ2) is 10.6. The van der Waals surface area contributed by atoms with E-state index in [9.17, 15) is 0 Å². The molecule has 3 heterocycles. The summed E-state index contributed by atoms with van der Waals surface area (Å²) in [6, 6.07) is 14.1. The van der Waals surface area contributed by atoms with Crippen LogP contribution < -0.4 is 10.2 Å². The van der Waals surface area contributed by atoms with E-state index in [4.69, 9.17) is 9.47 Å². The molecule has 0 bridgehead atoms. The summed E-state index contributed by atoms with van der Waals surface area (Å²) in [5.41, 5.74) is 6.87. The maximum Gasteiger partial charge on any atom is 0.319 e. The minimum Gasteiger partial charge on any atom is -0.462 e. The Hall–Kier alpha value is -3.36. The van der Waals surface area contributed by atoms with Gasteiger partial charge in [-0.3, -0.25) is 15.3 Å². The van der Waals surface area contributed by atoms with Crippen LogP contribution in [0.1, 0.15) is 11.1 Å². The Morgan fingerprint density at radius 3 is 2.77 bits per heavy atom. The summed E-state index contributed by atoms with van der Waals surface area (Å²) in [6.45, 7) is 6.73. The molecule has 0 atom stereocenters. The largest absolute Gasteiger partial charge is 0.462 e. The number of anilines is 1. The molecular formula is C23H26N6O2. The van der Waals surface area contributed by atoms with Gasteiger partial charge < -0.3 is 9.47 Å². The number of benzene rings is 1. The van der Waals surface area contributed by atoms with Crippen molar-refractivity contribution in [2.24, 2.45) is 5.10 Å². The predicted octanol–water partition coefficient (Wildman–Crippen LogP) is 3.00. The van der Waals surface area contributed by atoms with Crippen LogP contribution >= 0.6 is 0 Å². The van der Waals surface area contributed by atoms with Gasteiger partial charge in [-0.1, -0.05) is 29.8 Å². The molecule has 31 heavy (non-hydrogen) atoms. The van der Waals surface area contributed by atoms with E-state index < -0.39 is 0 Å². The lowest BCUT2D eigenvalue weighted by molar-refractivity contribution is 0.0317. The number of nitrogens with one attached hydrogen (secondary N) is 1. The van der Waals surface area contributed by atoms with Crippen LogP contribution in [-0.2, 0) is 4.74 Å². The summed E-state index contributed by atoms with van der Waals surface area (Å²) in [7, 11) is 0. The Morgan fingerprint density at radius 2 is 1.97 bits per heavy atom. The number of aromatic nitrogens is 3. The number of rotatable bonds is 8. The van der Waals surface area contributed by atoms with Crippen LogP contribution in [0, 0.1) is 6.92 Å². The van der Waals surface area contributed by atoms with Gasteiger partial charge in [-0.2, -0.15) is 15.1 Å². The first-order valence-electron chi connectivity index (χ1n) is 10.3.